The summed E-state index contributed by atoms with van der Waals surface area (Å²) in [5.74, 6) is 0. The van der Waals surface area contributed by atoms with Gasteiger partial charge < -0.3 is 15.2 Å². The standard InChI is InChI=1S/C22H16ClF3N4O/c23-18-3-1-16(22(24,25)26)12-19(18)29-21(31)28-17-2-4-20-15(11-17)7-10-30(20)13-14-5-8-27-9-6-14/h1-12H,13H2,(H2,28,29,31). The number of aromatic nitrogens is 2. The molecule has 0 aliphatic carbocycles. The van der Waals surface area contributed by atoms with Gasteiger partial charge in [0.15, 0.2) is 0 Å². The summed E-state index contributed by atoms with van der Waals surface area (Å²) in [6, 6.07) is 13.2. The number of nitrogens with one attached hydrogen (secondary N) is 2. The molecule has 31 heavy (non-hydrogen) atoms. The smallest absolute Gasteiger partial charge is 0.343 e. The monoisotopic (exact) mass is 444 g/mol. The molecule has 0 atom stereocenters. The van der Waals surface area contributed by atoms with Gasteiger partial charge in [-0.3, -0.25) is 4.98 Å². The number of fused-ring (bicyclic) bond motifs is 1. The van der Waals surface area contributed by atoms with Crippen molar-refractivity contribution in [1.82, 2.24) is 9.55 Å². The number of anilines is 2. The second-order valence-corrected chi connectivity index (χ2v) is 7.25. The van der Waals surface area contributed by atoms with Crippen molar-refractivity contribution in [1.29, 1.82) is 0 Å². The Labute approximate surface area is 180 Å². The lowest BCUT2D eigenvalue weighted by atomic mass is 10.2. The first-order valence-electron chi connectivity index (χ1n) is 9.22. The molecule has 0 bridgehead atoms. The van der Waals surface area contributed by atoms with Crippen LogP contribution in [0.25, 0.3) is 10.9 Å². The molecule has 2 amide bonds. The van der Waals surface area contributed by atoms with Crippen LogP contribution in [0.15, 0.2) is 73.2 Å². The number of amides is 2. The molecule has 4 rings (SSSR count). The number of carbonyl (C=O) groups excluding carboxylic acids is 1. The fraction of sp³-hybridized carbons (Fsp3) is 0.0909. The number of pyridine rings is 1. The second-order valence-electron chi connectivity index (χ2n) is 6.84. The molecule has 0 spiro atoms. The Balaban J connectivity index is 1.48. The summed E-state index contributed by atoms with van der Waals surface area (Å²) in [5.41, 5.74) is 1.55. The number of halogens is 4. The summed E-state index contributed by atoms with van der Waals surface area (Å²) >= 11 is 5.92. The van der Waals surface area contributed by atoms with Crippen LogP contribution in [0.2, 0.25) is 5.02 Å². The highest BCUT2D eigenvalue weighted by Gasteiger charge is 2.31. The van der Waals surface area contributed by atoms with Crippen LogP contribution in [-0.2, 0) is 12.7 Å². The number of hydrogen-bond donors (Lipinski definition) is 2. The molecule has 5 nitrogen and oxygen atoms in total. The quantitative estimate of drug-likeness (QED) is 0.382. The zero-order valence-electron chi connectivity index (χ0n) is 15.9. The van der Waals surface area contributed by atoms with Gasteiger partial charge in [0.2, 0.25) is 0 Å². The Morgan fingerprint density at radius 2 is 1.77 bits per heavy atom. The Kier molecular flexibility index (Phi) is 5.56. The van der Waals surface area contributed by atoms with E-state index in [4.69, 9.17) is 11.6 Å². The van der Waals surface area contributed by atoms with Crippen LogP contribution in [0.3, 0.4) is 0 Å². The molecule has 0 unspecified atom stereocenters. The van der Waals surface area contributed by atoms with Crippen molar-refractivity contribution in [2.75, 3.05) is 10.6 Å². The molecule has 2 heterocycles. The maximum atomic E-state index is 12.9. The highest BCUT2D eigenvalue weighted by Crippen LogP contribution is 2.34. The minimum atomic E-state index is -4.54. The summed E-state index contributed by atoms with van der Waals surface area (Å²) in [5, 5.41) is 5.90. The molecule has 2 aromatic carbocycles. The number of benzene rings is 2. The predicted octanol–water partition coefficient (Wildman–Crippen LogP) is 6.40. The van der Waals surface area contributed by atoms with Crippen LogP contribution in [0.1, 0.15) is 11.1 Å². The molecule has 0 fully saturated rings. The van der Waals surface area contributed by atoms with Crippen LogP contribution in [0.5, 0.6) is 0 Å². The molecular weight excluding hydrogens is 429 g/mol. The van der Waals surface area contributed by atoms with E-state index in [0.717, 1.165) is 34.7 Å². The number of urea groups is 1. The molecular formula is C22H16ClF3N4O. The lowest BCUT2D eigenvalue weighted by Crippen LogP contribution is -2.20. The van der Waals surface area contributed by atoms with E-state index in [-0.39, 0.29) is 10.7 Å². The predicted molar refractivity (Wildman–Crippen MR) is 114 cm³/mol. The minimum Gasteiger partial charge on any atom is -0.343 e. The van der Waals surface area contributed by atoms with Gasteiger partial charge in [-0.25, -0.2) is 4.79 Å². The van der Waals surface area contributed by atoms with Gasteiger partial charge in [-0.05, 0) is 60.2 Å². The number of hydrogen-bond acceptors (Lipinski definition) is 2. The van der Waals surface area contributed by atoms with Crippen LogP contribution in [-0.4, -0.2) is 15.6 Å². The summed E-state index contributed by atoms with van der Waals surface area (Å²) in [6.45, 7) is 0.674. The number of carbonyl (C=O) groups is 1. The maximum Gasteiger partial charge on any atom is 0.416 e. The number of alkyl halides is 3. The van der Waals surface area contributed by atoms with E-state index < -0.39 is 17.8 Å². The van der Waals surface area contributed by atoms with Gasteiger partial charge in [-0.1, -0.05) is 11.6 Å². The van der Waals surface area contributed by atoms with E-state index in [1.807, 2.05) is 30.5 Å². The van der Waals surface area contributed by atoms with E-state index in [9.17, 15) is 18.0 Å². The first-order valence-corrected chi connectivity index (χ1v) is 9.60. The average Bonchev–Trinajstić information content (AvgIpc) is 3.11. The first kappa shape index (κ1) is 20.7. The normalized spacial score (nSPS) is 11.5. The Bertz CT molecular complexity index is 1240. The first-order chi connectivity index (χ1) is 14.8. The van der Waals surface area contributed by atoms with Crippen molar-refractivity contribution < 1.29 is 18.0 Å². The van der Waals surface area contributed by atoms with Gasteiger partial charge in [0.1, 0.15) is 0 Å². The van der Waals surface area contributed by atoms with Crippen molar-refractivity contribution in [2.24, 2.45) is 0 Å². The molecule has 2 N–H and O–H groups in total. The SMILES string of the molecule is O=C(Nc1ccc2c(ccn2Cc2ccncc2)c1)Nc1cc(C(F)(F)F)ccc1Cl. The van der Waals surface area contributed by atoms with Gasteiger partial charge >= 0.3 is 12.2 Å². The minimum absolute atomic E-state index is 0.00629. The summed E-state index contributed by atoms with van der Waals surface area (Å²) < 4.78 is 40.8. The van der Waals surface area contributed by atoms with Crippen molar-refractivity contribution in [3.8, 4) is 0 Å². The number of rotatable bonds is 4. The zero-order chi connectivity index (χ0) is 22.0. The van der Waals surface area contributed by atoms with Crippen LogP contribution in [0.4, 0.5) is 29.3 Å². The van der Waals surface area contributed by atoms with Crippen molar-refractivity contribution in [2.45, 2.75) is 12.7 Å². The molecule has 158 valence electrons. The largest absolute Gasteiger partial charge is 0.416 e. The third-order valence-corrected chi connectivity index (χ3v) is 5.00. The van der Waals surface area contributed by atoms with Gasteiger partial charge in [-0.2, -0.15) is 13.2 Å². The third kappa shape index (κ3) is 4.80. The van der Waals surface area contributed by atoms with E-state index in [2.05, 4.69) is 20.2 Å². The van der Waals surface area contributed by atoms with Crippen LogP contribution < -0.4 is 10.6 Å². The average molecular weight is 445 g/mol. The number of nitrogens with zero attached hydrogens (tertiary/aromatic N) is 2. The van der Waals surface area contributed by atoms with Crippen molar-refractivity contribution in [3.63, 3.8) is 0 Å². The lowest BCUT2D eigenvalue weighted by Gasteiger charge is -2.12. The van der Waals surface area contributed by atoms with E-state index in [0.29, 0.717) is 12.2 Å². The summed E-state index contributed by atoms with van der Waals surface area (Å²) in [6.07, 6.45) is 0.875. The molecule has 0 aliphatic rings. The molecule has 2 aromatic heterocycles. The fourth-order valence-electron chi connectivity index (χ4n) is 3.18. The van der Waals surface area contributed by atoms with Crippen molar-refractivity contribution >= 4 is 39.9 Å². The molecule has 0 saturated heterocycles. The second kappa shape index (κ2) is 8.31. The topological polar surface area (TPSA) is 59.0 Å². The van der Waals surface area contributed by atoms with Gasteiger partial charge in [-0.15, -0.1) is 0 Å². The van der Waals surface area contributed by atoms with Crippen LogP contribution in [0, 0.1) is 0 Å². The van der Waals surface area contributed by atoms with Gasteiger partial charge in [0.05, 0.1) is 16.3 Å². The molecule has 0 aliphatic heterocycles. The molecule has 0 saturated carbocycles. The molecule has 0 radical (unpaired) electrons. The Morgan fingerprint density at radius 3 is 2.52 bits per heavy atom. The third-order valence-electron chi connectivity index (χ3n) is 4.67. The highest BCUT2D eigenvalue weighted by atomic mass is 35.5. The summed E-state index contributed by atoms with van der Waals surface area (Å²) in [7, 11) is 0. The maximum absolute atomic E-state index is 12.9. The fourth-order valence-corrected chi connectivity index (χ4v) is 3.35. The molecule has 4 aromatic rings. The molecule has 9 heteroatoms. The van der Waals surface area contributed by atoms with Crippen LogP contribution >= 0.6 is 11.6 Å². The Morgan fingerprint density at radius 1 is 1.00 bits per heavy atom. The highest BCUT2D eigenvalue weighted by molar-refractivity contribution is 6.33. The van der Waals surface area contributed by atoms with E-state index in [1.54, 1.807) is 24.5 Å². The lowest BCUT2D eigenvalue weighted by molar-refractivity contribution is -0.137. The van der Waals surface area contributed by atoms with Gasteiger partial charge in [0, 0.05) is 41.7 Å². The van der Waals surface area contributed by atoms with Crippen molar-refractivity contribution in [3.05, 3.63) is 89.3 Å². The zero-order valence-corrected chi connectivity index (χ0v) is 16.7. The van der Waals surface area contributed by atoms with E-state index >= 15 is 0 Å². The van der Waals surface area contributed by atoms with Gasteiger partial charge in [0.25, 0.3) is 0 Å². The summed E-state index contributed by atoms with van der Waals surface area (Å²) in [4.78, 5) is 16.3. The van der Waals surface area contributed by atoms with E-state index in [1.165, 1.54) is 0 Å². The Hall–Kier alpha value is -3.52.